The minimum Gasteiger partial charge on any atom is -0.369 e. The van der Waals surface area contributed by atoms with E-state index in [4.69, 9.17) is 0 Å². The molecule has 4 N–H and O–H groups in total. The van der Waals surface area contributed by atoms with Crippen molar-refractivity contribution in [2.45, 2.75) is 52.0 Å². The molecule has 4 rings (SSSR count). The number of fused-ring (bicyclic) bond motifs is 1. The van der Waals surface area contributed by atoms with Gasteiger partial charge in [0.15, 0.2) is 5.65 Å². The Morgan fingerprint density at radius 1 is 1.24 bits per heavy atom. The maximum Gasteiger partial charge on any atom is 0.246 e. The minimum absolute atomic E-state index is 0.102. The van der Waals surface area contributed by atoms with Crippen LogP contribution in [0, 0.1) is 18.8 Å². The number of likely N-dealkylation sites (tertiary alicyclic amines) is 1. The molecule has 1 aliphatic heterocycles. The second-order valence-electron chi connectivity index (χ2n) is 10.5. The fourth-order valence-corrected chi connectivity index (χ4v) is 4.56. The number of amides is 2. The molecular weight excluding hydrogens is 532 g/mol. The van der Waals surface area contributed by atoms with Gasteiger partial charge in [0.05, 0.1) is 23.6 Å². The maximum absolute atomic E-state index is 12.8. The molecule has 0 saturated carbocycles. The number of aromatic amines is 1. The van der Waals surface area contributed by atoms with Crippen molar-refractivity contribution in [3.05, 3.63) is 41.9 Å². The lowest BCUT2D eigenvalue weighted by Crippen LogP contribution is -2.45. The van der Waals surface area contributed by atoms with E-state index >= 15 is 0 Å². The molecule has 1 saturated heterocycles. The molecular formula is C30H40N10O2. The van der Waals surface area contributed by atoms with Crippen LogP contribution in [0.5, 0.6) is 0 Å². The van der Waals surface area contributed by atoms with E-state index in [0.717, 1.165) is 36.2 Å². The second-order valence-corrected chi connectivity index (χ2v) is 10.5. The van der Waals surface area contributed by atoms with E-state index < -0.39 is 6.04 Å². The lowest BCUT2D eigenvalue weighted by Gasteiger charge is -2.22. The van der Waals surface area contributed by atoms with Gasteiger partial charge in [-0.05, 0) is 52.8 Å². The third-order valence-electron chi connectivity index (χ3n) is 6.76. The van der Waals surface area contributed by atoms with Crippen LogP contribution in [0.4, 0.5) is 17.5 Å². The molecule has 12 nitrogen and oxygen atoms in total. The van der Waals surface area contributed by atoms with Crippen LogP contribution in [0.3, 0.4) is 0 Å². The molecule has 3 aromatic rings. The molecule has 4 heterocycles. The summed E-state index contributed by atoms with van der Waals surface area (Å²) in [5.74, 6) is 7.23. The fourth-order valence-electron chi connectivity index (χ4n) is 4.56. The number of carbonyl (C=O) groups is 2. The van der Waals surface area contributed by atoms with E-state index in [9.17, 15) is 9.59 Å². The minimum atomic E-state index is -0.412. The summed E-state index contributed by atoms with van der Waals surface area (Å²) in [6.07, 6.45) is 10.5. The highest BCUT2D eigenvalue weighted by Gasteiger charge is 2.32. The van der Waals surface area contributed by atoms with Crippen LogP contribution in [-0.2, 0) is 9.59 Å². The normalized spacial score (nSPS) is 14.8. The molecule has 0 aromatic carbocycles. The molecule has 1 aliphatic rings. The Bertz CT molecular complexity index is 1470. The van der Waals surface area contributed by atoms with Gasteiger partial charge in [-0.3, -0.25) is 14.7 Å². The predicted octanol–water partition coefficient (Wildman–Crippen LogP) is 2.98. The number of aryl methyl sites for hydroxylation is 1. The average molecular weight is 573 g/mol. The Morgan fingerprint density at radius 2 is 2.10 bits per heavy atom. The van der Waals surface area contributed by atoms with E-state index in [0.29, 0.717) is 61.9 Å². The van der Waals surface area contributed by atoms with Crippen LogP contribution in [-0.4, -0.2) is 93.1 Å². The Balaban J connectivity index is 1.29. The highest BCUT2D eigenvalue weighted by atomic mass is 16.2. The summed E-state index contributed by atoms with van der Waals surface area (Å²) in [6.45, 7) is 6.58. The van der Waals surface area contributed by atoms with Crippen molar-refractivity contribution in [3.63, 3.8) is 0 Å². The van der Waals surface area contributed by atoms with Gasteiger partial charge < -0.3 is 25.8 Å². The van der Waals surface area contributed by atoms with Crippen molar-refractivity contribution in [1.82, 2.24) is 40.3 Å². The third kappa shape index (κ3) is 8.27. The van der Waals surface area contributed by atoms with Gasteiger partial charge in [-0.15, -0.1) is 0 Å². The molecule has 222 valence electrons. The molecule has 0 aliphatic carbocycles. The largest absolute Gasteiger partial charge is 0.369 e. The molecule has 42 heavy (non-hydrogen) atoms. The number of hydrogen-bond acceptors (Lipinski definition) is 9. The molecule has 0 radical (unpaired) electrons. The molecule has 1 fully saturated rings. The van der Waals surface area contributed by atoms with E-state index in [2.05, 4.69) is 59.9 Å². The maximum atomic E-state index is 12.8. The van der Waals surface area contributed by atoms with Crippen molar-refractivity contribution >= 4 is 40.3 Å². The van der Waals surface area contributed by atoms with Gasteiger partial charge in [0, 0.05) is 49.8 Å². The number of carbonyl (C=O) groups excluding carboxylic acids is 2. The number of likely N-dealkylation sites (N-methyl/N-ethyl adjacent to an activating group) is 1. The van der Waals surface area contributed by atoms with Gasteiger partial charge in [0.1, 0.15) is 11.9 Å². The average Bonchev–Trinajstić information content (AvgIpc) is 3.61. The lowest BCUT2D eigenvalue weighted by molar-refractivity contribution is -0.135. The smallest absolute Gasteiger partial charge is 0.246 e. The Morgan fingerprint density at radius 3 is 2.90 bits per heavy atom. The number of nitrogens with zero attached hydrogens (tertiary/aromatic N) is 6. The van der Waals surface area contributed by atoms with Crippen LogP contribution in [0.15, 0.2) is 30.6 Å². The number of rotatable bonds is 12. The number of anilines is 3. The molecule has 0 unspecified atom stereocenters. The first-order valence-corrected chi connectivity index (χ1v) is 14.4. The standard InChI is InChI=1S/C30H40N10O2/c1-5-14-31-27-22(19-34-30(36-27)35-23-18-24-21(2)37-38-28(24)33-20-23)11-7-6-8-15-32-29(42)25-12-9-17-40(25)26(41)13-10-16-39(3)4/h10,13,18-20,25H,5-6,8-9,12,14-17H2,1-4H3,(H,32,42)(H,33,37,38)(H2,31,34,35,36)/b13-10+/t25-/m0/s1. The molecule has 0 bridgehead atoms. The molecule has 3 aromatic heterocycles. The quantitative estimate of drug-likeness (QED) is 0.146. The zero-order chi connectivity index (χ0) is 29.9. The number of hydrogen-bond donors (Lipinski definition) is 4. The van der Waals surface area contributed by atoms with Gasteiger partial charge in [-0.1, -0.05) is 24.8 Å². The van der Waals surface area contributed by atoms with Crippen molar-refractivity contribution in [1.29, 1.82) is 0 Å². The molecule has 2 amide bonds. The zero-order valence-electron chi connectivity index (χ0n) is 24.8. The second kappa shape index (κ2) is 14.9. The zero-order valence-corrected chi connectivity index (χ0v) is 24.8. The Hall–Kier alpha value is -4.50. The predicted molar refractivity (Wildman–Crippen MR) is 164 cm³/mol. The van der Waals surface area contributed by atoms with E-state index in [1.807, 2.05) is 38.1 Å². The van der Waals surface area contributed by atoms with Gasteiger partial charge in [-0.25, -0.2) is 9.97 Å². The number of pyridine rings is 1. The van der Waals surface area contributed by atoms with Crippen LogP contribution >= 0.6 is 0 Å². The monoisotopic (exact) mass is 572 g/mol. The number of nitrogens with one attached hydrogen (secondary N) is 4. The van der Waals surface area contributed by atoms with Crippen molar-refractivity contribution in [2.75, 3.05) is 50.9 Å². The van der Waals surface area contributed by atoms with Crippen molar-refractivity contribution < 1.29 is 9.59 Å². The van der Waals surface area contributed by atoms with Crippen LogP contribution in [0.1, 0.15) is 50.3 Å². The van der Waals surface area contributed by atoms with Crippen LogP contribution in [0.25, 0.3) is 11.0 Å². The summed E-state index contributed by atoms with van der Waals surface area (Å²) in [5, 5.41) is 17.6. The van der Waals surface area contributed by atoms with E-state index in [1.54, 1.807) is 23.4 Å². The van der Waals surface area contributed by atoms with Crippen molar-refractivity contribution in [3.8, 4) is 11.8 Å². The summed E-state index contributed by atoms with van der Waals surface area (Å²) >= 11 is 0. The number of unbranched alkanes of at least 4 members (excludes halogenated alkanes) is 1. The molecule has 12 heteroatoms. The SMILES string of the molecule is CCCNc1nc(Nc2cnc3n[nH]c(C)c3c2)ncc1C#CCCCNC(=O)[C@@H]1CCCN1C(=O)/C=C/CN(C)C. The van der Waals surface area contributed by atoms with E-state index in [1.165, 1.54) is 0 Å². The number of H-pyrrole nitrogens is 1. The molecule has 0 spiro atoms. The fraction of sp³-hybridized carbons (Fsp3) is 0.467. The van der Waals surface area contributed by atoms with Gasteiger partial charge in [-0.2, -0.15) is 10.1 Å². The first kappa shape index (κ1) is 30.5. The summed E-state index contributed by atoms with van der Waals surface area (Å²) in [6, 6.07) is 1.55. The molecule has 1 atom stereocenters. The summed E-state index contributed by atoms with van der Waals surface area (Å²) < 4.78 is 0. The summed E-state index contributed by atoms with van der Waals surface area (Å²) in [4.78, 5) is 42.4. The highest BCUT2D eigenvalue weighted by Crippen LogP contribution is 2.21. The third-order valence-corrected chi connectivity index (χ3v) is 6.76. The first-order chi connectivity index (χ1) is 20.4. The van der Waals surface area contributed by atoms with Gasteiger partial charge in [0.25, 0.3) is 0 Å². The van der Waals surface area contributed by atoms with Gasteiger partial charge >= 0.3 is 0 Å². The van der Waals surface area contributed by atoms with Crippen LogP contribution < -0.4 is 16.0 Å². The summed E-state index contributed by atoms with van der Waals surface area (Å²) in [5.41, 5.74) is 3.07. The van der Waals surface area contributed by atoms with Crippen LogP contribution in [0.2, 0.25) is 0 Å². The van der Waals surface area contributed by atoms with Crippen molar-refractivity contribution in [2.24, 2.45) is 0 Å². The number of aromatic nitrogens is 5. The first-order valence-electron chi connectivity index (χ1n) is 14.4. The van der Waals surface area contributed by atoms with Gasteiger partial charge in [0.2, 0.25) is 17.8 Å². The highest BCUT2D eigenvalue weighted by molar-refractivity contribution is 5.93. The lowest BCUT2D eigenvalue weighted by atomic mass is 10.2. The van der Waals surface area contributed by atoms with E-state index in [-0.39, 0.29) is 11.8 Å². The Kier molecular flexibility index (Phi) is 10.8. The topological polar surface area (TPSA) is 144 Å². The Labute approximate surface area is 246 Å². The summed E-state index contributed by atoms with van der Waals surface area (Å²) in [7, 11) is 3.89.